The summed E-state index contributed by atoms with van der Waals surface area (Å²) in [6, 6.07) is 0. The average molecular weight is 328 g/mol. The Bertz CT molecular complexity index is 313. The van der Waals surface area contributed by atoms with Gasteiger partial charge in [-0.05, 0) is 18.3 Å². The summed E-state index contributed by atoms with van der Waals surface area (Å²) in [4.78, 5) is 22.5. The molecule has 0 bridgehead atoms. The van der Waals surface area contributed by atoms with Gasteiger partial charge in [0.1, 0.15) is 0 Å². The van der Waals surface area contributed by atoms with E-state index >= 15 is 0 Å². The summed E-state index contributed by atoms with van der Waals surface area (Å²) in [5, 5.41) is 18.4. The second kappa shape index (κ2) is 13.4. The number of rotatable bonds is 15. The van der Waals surface area contributed by atoms with Crippen molar-refractivity contribution in [3.8, 4) is 0 Å². The van der Waals surface area contributed by atoms with E-state index in [1.165, 1.54) is 25.7 Å². The molecular formula is C19H36O4. The number of aliphatic carboxylic acids is 2. The largest absolute Gasteiger partial charge is 0.481 e. The first kappa shape index (κ1) is 21.9. The van der Waals surface area contributed by atoms with Gasteiger partial charge < -0.3 is 10.2 Å². The third-order valence-corrected chi connectivity index (χ3v) is 4.93. The lowest BCUT2D eigenvalue weighted by Crippen LogP contribution is -2.28. The van der Waals surface area contributed by atoms with Crippen molar-refractivity contribution in [1.82, 2.24) is 0 Å². The Hall–Kier alpha value is -1.06. The molecule has 0 fully saturated rings. The molecule has 23 heavy (non-hydrogen) atoms. The molecule has 0 aromatic rings. The van der Waals surface area contributed by atoms with Gasteiger partial charge in [0.15, 0.2) is 5.92 Å². The highest BCUT2D eigenvalue weighted by Gasteiger charge is 2.31. The van der Waals surface area contributed by atoms with Crippen LogP contribution in [-0.2, 0) is 9.59 Å². The summed E-state index contributed by atoms with van der Waals surface area (Å²) in [6.45, 7) is 6.49. The first-order valence-electron chi connectivity index (χ1n) is 9.43. The van der Waals surface area contributed by atoms with Crippen LogP contribution < -0.4 is 0 Å². The quantitative estimate of drug-likeness (QED) is 0.314. The van der Waals surface area contributed by atoms with Crippen LogP contribution in [-0.4, -0.2) is 22.2 Å². The number of hydrogen-bond acceptors (Lipinski definition) is 2. The lowest BCUT2D eigenvalue weighted by molar-refractivity contribution is -0.155. The Kier molecular flexibility index (Phi) is 12.8. The summed E-state index contributed by atoms with van der Waals surface area (Å²) >= 11 is 0. The number of carboxylic acid groups (broad SMARTS) is 2. The molecule has 4 nitrogen and oxygen atoms in total. The summed E-state index contributed by atoms with van der Waals surface area (Å²) < 4.78 is 0. The summed E-state index contributed by atoms with van der Waals surface area (Å²) in [5.41, 5.74) is 0. The fourth-order valence-electron chi connectivity index (χ4n) is 3.42. The Labute approximate surface area is 141 Å². The van der Waals surface area contributed by atoms with Gasteiger partial charge in [0.2, 0.25) is 0 Å². The van der Waals surface area contributed by atoms with E-state index < -0.39 is 17.9 Å². The van der Waals surface area contributed by atoms with Gasteiger partial charge in [-0.15, -0.1) is 0 Å². The number of carbonyl (C=O) groups is 2. The van der Waals surface area contributed by atoms with Gasteiger partial charge in [-0.3, -0.25) is 9.59 Å². The second-order valence-electron chi connectivity index (χ2n) is 6.74. The zero-order valence-electron chi connectivity index (χ0n) is 15.2. The lowest BCUT2D eigenvalue weighted by atomic mass is 9.77. The molecule has 136 valence electrons. The summed E-state index contributed by atoms with van der Waals surface area (Å²) in [7, 11) is 0. The van der Waals surface area contributed by atoms with Crippen LogP contribution in [0.1, 0.15) is 91.4 Å². The standard InChI is InChI=1S/C19H36O4/c1-4-7-9-11-13-16(14-17(18(20)21)19(22)23)15(6-3)12-10-8-5-2/h15-17H,4-14H2,1-3H3,(H,20,21)(H,22,23). The number of unbranched alkanes of at least 4 members (excludes halogenated alkanes) is 5. The fraction of sp³-hybridized carbons (Fsp3) is 0.895. The average Bonchev–Trinajstić information content (AvgIpc) is 2.51. The SMILES string of the molecule is CCCCCCC(CC(C(=O)O)C(=O)O)C(CC)CCCCC. The number of hydrogen-bond donors (Lipinski definition) is 2. The predicted octanol–water partition coefficient (Wildman–Crippen LogP) is 5.36. The molecule has 0 aromatic heterocycles. The molecule has 0 saturated heterocycles. The van der Waals surface area contributed by atoms with Crippen molar-refractivity contribution in [1.29, 1.82) is 0 Å². The van der Waals surface area contributed by atoms with E-state index in [9.17, 15) is 19.8 Å². The first-order valence-corrected chi connectivity index (χ1v) is 9.43. The van der Waals surface area contributed by atoms with Gasteiger partial charge in [-0.1, -0.05) is 85.0 Å². The van der Waals surface area contributed by atoms with Crippen LogP contribution in [0.4, 0.5) is 0 Å². The maximum absolute atomic E-state index is 11.2. The summed E-state index contributed by atoms with van der Waals surface area (Å²) in [6.07, 6.45) is 11.5. The van der Waals surface area contributed by atoms with Gasteiger partial charge in [-0.2, -0.15) is 0 Å². The smallest absolute Gasteiger partial charge is 0.317 e. The van der Waals surface area contributed by atoms with Gasteiger partial charge in [0.25, 0.3) is 0 Å². The van der Waals surface area contributed by atoms with Gasteiger partial charge in [0, 0.05) is 0 Å². The minimum absolute atomic E-state index is 0.214. The fourth-order valence-corrected chi connectivity index (χ4v) is 3.42. The van der Waals surface area contributed by atoms with Gasteiger partial charge in [0.05, 0.1) is 0 Å². The van der Waals surface area contributed by atoms with Crippen molar-refractivity contribution >= 4 is 11.9 Å². The van der Waals surface area contributed by atoms with E-state index in [0.717, 1.165) is 38.5 Å². The van der Waals surface area contributed by atoms with Crippen molar-refractivity contribution < 1.29 is 19.8 Å². The summed E-state index contributed by atoms with van der Waals surface area (Å²) in [5.74, 6) is -2.99. The first-order chi connectivity index (χ1) is 11.0. The maximum atomic E-state index is 11.2. The molecule has 2 N–H and O–H groups in total. The van der Waals surface area contributed by atoms with Crippen LogP contribution in [0.25, 0.3) is 0 Å². The monoisotopic (exact) mass is 328 g/mol. The van der Waals surface area contributed by atoms with Crippen molar-refractivity contribution in [2.24, 2.45) is 17.8 Å². The Morgan fingerprint density at radius 3 is 1.70 bits per heavy atom. The molecule has 0 aliphatic heterocycles. The minimum atomic E-state index is -1.26. The van der Waals surface area contributed by atoms with Crippen molar-refractivity contribution in [3.63, 3.8) is 0 Å². The van der Waals surface area contributed by atoms with Crippen molar-refractivity contribution in [2.45, 2.75) is 91.4 Å². The normalized spacial score (nSPS) is 13.9. The molecule has 0 spiro atoms. The van der Waals surface area contributed by atoms with Crippen molar-refractivity contribution in [3.05, 3.63) is 0 Å². The molecule has 0 aromatic carbocycles. The Morgan fingerprint density at radius 2 is 1.22 bits per heavy atom. The molecule has 0 aliphatic rings. The van der Waals surface area contributed by atoms with Crippen LogP contribution in [0.3, 0.4) is 0 Å². The molecule has 0 rings (SSSR count). The Morgan fingerprint density at radius 1 is 0.739 bits per heavy atom. The molecule has 0 heterocycles. The zero-order valence-corrected chi connectivity index (χ0v) is 15.2. The molecule has 0 saturated carbocycles. The second-order valence-corrected chi connectivity index (χ2v) is 6.74. The highest BCUT2D eigenvalue weighted by Crippen LogP contribution is 2.32. The minimum Gasteiger partial charge on any atom is -0.481 e. The van der Waals surface area contributed by atoms with Crippen LogP contribution in [0.15, 0.2) is 0 Å². The predicted molar refractivity (Wildman–Crippen MR) is 93.6 cm³/mol. The zero-order chi connectivity index (χ0) is 17.7. The van der Waals surface area contributed by atoms with E-state index in [2.05, 4.69) is 20.8 Å². The third kappa shape index (κ3) is 9.62. The Balaban J connectivity index is 4.80. The third-order valence-electron chi connectivity index (χ3n) is 4.93. The maximum Gasteiger partial charge on any atom is 0.317 e. The topological polar surface area (TPSA) is 74.6 Å². The molecular weight excluding hydrogens is 292 g/mol. The molecule has 4 heteroatoms. The van der Waals surface area contributed by atoms with E-state index in [1.807, 2.05) is 0 Å². The van der Waals surface area contributed by atoms with Crippen LogP contribution >= 0.6 is 0 Å². The van der Waals surface area contributed by atoms with E-state index in [4.69, 9.17) is 0 Å². The van der Waals surface area contributed by atoms with Crippen LogP contribution in [0.2, 0.25) is 0 Å². The van der Waals surface area contributed by atoms with E-state index in [0.29, 0.717) is 5.92 Å². The van der Waals surface area contributed by atoms with Crippen LogP contribution in [0, 0.1) is 17.8 Å². The van der Waals surface area contributed by atoms with E-state index in [1.54, 1.807) is 0 Å². The molecule has 0 radical (unpaired) electrons. The molecule has 2 atom stereocenters. The molecule has 0 aliphatic carbocycles. The highest BCUT2D eigenvalue weighted by atomic mass is 16.4. The van der Waals surface area contributed by atoms with Crippen LogP contribution in [0.5, 0.6) is 0 Å². The number of carboxylic acids is 2. The molecule has 2 unspecified atom stereocenters. The van der Waals surface area contributed by atoms with Gasteiger partial charge >= 0.3 is 11.9 Å². The lowest BCUT2D eigenvalue weighted by Gasteiger charge is -2.28. The highest BCUT2D eigenvalue weighted by molar-refractivity contribution is 5.92. The van der Waals surface area contributed by atoms with Gasteiger partial charge in [-0.25, -0.2) is 0 Å². The molecule has 0 amide bonds. The van der Waals surface area contributed by atoms with Crippen molar-refractivity contribution in [2.75, 3.05) is 0 Å². The van der Waals surface area contributed by atoms with E-state index in [-0.39, 0.29) is 12.3 Å².